The number of halogens is 1. The van der Waals surface area contributed by atoms with E-state index in [4.69, 9.17) is 11.6 Å². The van der Waals surface area contributed by atoms with Gasteiger partial charge in [0.1, 0.15) is 0 Å². The second-order valence-electron chi connectivity index (χ2n) is 6.95. The van der Waals surface area contributed by atoms with Crippen molar-refractivity contribution in [2.24, 2.45) is 0 Å². The van der Waals surface area contributed by atoms with E-state index in [-0.39, 0.29) is 0 Å². The average Bonchev–Trinajstić information content (AvgIpc) is 2.44. The van der Waals surface area contributed by atoms with E-state index in [1.165, 1.54) is 21.9 Å². The Morgan fingerprint density at radius 3 is 2.23 bits per heavy atom. The first-order chi connectivity index (χ1) is 10.3. The Balaban J connectivity index is 3.08. The van der Waals surface area contributed by atoms with E-state index in [1.807, 2.05) is 0 Å². The van der Waals surface area contributed by atoms with E-state index in [1.54, 1.807) is 0 Å². The van der Waals surface area contributed by atoms with Crippen molar-refractivity contribution in [1.29, 1.82) is 0 Å². The van der Waals surface area contributed by atoms with Crippen LogP contribution in [-0.2, 0) is 0 Å². The summed E-state index contributed by atoms with van der Waals surface area (Å²) in [6.07, 6.45) is 8.96. The van der Waals surface area contributed by atoms with Gasteiger partial charge in [0, 0.05) is 5.88 Å². The van der Waals surface area contributed by atoms with Gasteiger partial charge in [-0.3, -0.25) is 0 Å². The second-order valence-corrected chi connectivity index (χ2v) is 12.3. The van der Waals surface area contributed by atoms with E-state index in [2.05, 4.69) is 82.0 Å². The molecule has 22 heavy (non-hydrogen) atoms. The zero-order valence-electron chi connectivity index (χ0n) is 14.6. The molecular formula is C20H29ClSi. The summed E-state index contributed by atoms with van der Waals surface area (Å²) >= 11 is 6.30. The van der Waals surface area contributed by atoms with Crippen LogP contribution in [0.2, 0.25) is 19.6 Å². The molecule has 1 aromatic rings. The van der Waals surface area contributed by atoms with Crippen molar-refractivity contribution >= 4 is 25.8 Å². The lowest BCUT2D eigenvalue weighted by atomic mass is 10.1. The molecule has 120 valence electrons. The first-order valence-corrected chi connectivity index (χ1v) is 12.0. The highest BCUT2D eigenvalue weighted by molar-refractivity contribution is 6.84. The standard InChI is InChI=1S/C20H29ClSi/c1-17(2)10-9-13-19(20(16-21)22(3,4)5)15-14-18-11-7-6-8-12-18/h6-8,10-12,14-15H,9,13,16H2,1-5H3/b15-14+,20-19+. The number of benzene rings is 1. The Hall–Kier alpha value is -1.05. The summed E-state index contributed by atoms with van der Waals surface area (Å²) in [6.45, 7) is 11.4. The van der Waals surface area contributed by atoms with Crippen LogP contribution in [-0.4, -0.2) is 14.0 Å². The SMILES string of the molecule is CC(C)=CCCC(/C=C/c1ccccc1)=C(/CCl)[Si](C)(C)C. The van der Waals surface area contributed by atoms with E-state index in [0.29, 0.717) is 5.88 Å². The summed E-state index contributed by atoms with van der Waals surface area (Å²) < 4.78 is 0. The summed E-state index contributed by atoms with van der Waals surface area (Å²) in [5.41, 5.74) is 4.05. The van der Waals surface area contributed by atoms with Crippen LogP contribution in [0.1, 0.15) is 32.3 Å². The second kappa shape index (κ2) is 9.17. The summed E-state index contributed by atoms with van der Waals surface area (Å²) in [5, 5.41) is 1.48. The molecular weight excluding hydrogens is 304 g/mol. The molecule has 0 unspecified atom stereocenters. The largest absolute Gasteiger partial charge is 0.122 e. The van der Waals surface area contributed by atoms with Crippen molar-refractivity contribution in [2.45, 2.75) is 46.3 Å². The molecule has 1 rings (SSSR count). The Morgan fingerprint density at radius 1 is 1.09 bits per heavy atom. The topological polar surface area (TPSA) is 0 Å². The summed E-state index contributed by atoms with van der Waals surface area (Å²) in [5.74, 6) is 0.652. The number of allylic oxidation sites excluding steroid dienone is 5. The van der Waals surface area contributed by atoms with Crippen molar-refractivity contribution < 1.29 is 0 Å². The quantitative estimate of drug-likeness (QED) is 0.221. The molecule has 0 saturated heterocycles. The van der Waals surface area contributed by atoms with Crippen molar-refractivity contribution in [3.63, 3.8) is 0 Å². The van der Waals surface area contributed by atoms with Gasteiger partial charge in [-0.1, -0.05) is 84.5 Å². The number of alkyl halides is 1. The molecule has 0 N–H and O–H groups in total. The Kier molecular flexibility index (Phi) is 7.92. The van der Waals surface area contributed by atoms with Crippen LogP contribution in [0, 0.1) is 0 Å². The lowest BCUT2D eigenvalue weighted by Gasteiger charge is -2.22. The molecule has 0 fully saturated rings. The molecule has 0 amide bonds. The number of rotatable bonds is 7. The van der Waals surface area contributed by atoms with Gasteiger partial charge < -0.3 is 0 Å². The summed E-state index contributed by atoms with van der Waals surface area (Å²) in [4.78, 5) is 0. The molecule has 2 heteroatoms. The smallest absolute Gasteiger partial charge is 0.0743 e. The van der Waals surface area contributed by atoms with Gasteiger partial charge in [-0.25, -0.2) is 0 Å². The molecule has 0 aliphatic heterocycles. The highest BCUT2D eigenvalue weighted by atomic mass is 35.5. The maximum atomic E-state index is 6.30. The minimum Gasteiger partial charge on any atom is -0.122 e. The lowest BCUT2D eigenvalue weighted by molar-refractivity contribution is 0.986. The maximum Gasteiger partial charge on any atom is 0.0743 e. The van der Waals surface area contributed by atoms with Crippen molar-refractivity contribution in [2.75, 3.05) is 5.88 Å². The van der Waals surface area contributed by atoms with Gasteiger partial charge in [-0.2, -0.15) is 0 Å². The zero-order chi connectivity index (χ0) is 16.6. The van der Waals surface area contributed by atoms with Crippen LogP contribution in [0.3, 0.4) is 0 Å². The van der Waals surface area contributed by atoms with Gasteiger partial charge in [-0.15, -0.1) is 11.6 Å². The van der Waals surface area contributed by atoms with Gasteiger partial charge in [0.05, 0.1) is 8.07 Å². The molecule has 1 aromatic carbocycles. The van der Waals surface area contributed by atoms with Gasteiger partial charge in [0.15, 0.2) is 0 Å². The third-order valence-electron chi connectivity index (χ3n) is 3.67. The van der Waals surface area contributed by atoms with Gasteiger partial charge in [-0.05, 0) is 32.3 Å². The monoisotopic (exact) mass is 332 g/mol. The molecule has 0 radical (unpaired) electrons. The predicted molar refractivity (Wildman–Crippen MR) is 105 cm³/mol. The predicted octanol–water partition coefficient (Wildman–Crippen LogP) is 6.86. The van der Waals surface area contributed by atoms with Gasteiger partial charge in [0.2, 0.25) is 0 Å². The molecule has 0 heterocycles. The molecule has 0 aliphatic rings. The molecule has 0 saturated carbocycles. The molecule has 0 spiro atoms. The maximum absolute atomic E-state index is 6.30. The molecule has 0 aromatic heterocycles. The Labute approximate surface area is 142 Å². The van der Waals surface area contributed by atoms with Crippen molar-refractivity contribution in [3.8, 4) is 0 Å². The van der Waals surface area contributed by atoms with Gasteiger partial charge >= 0.3 is 0 Å². The van der Waals surface area contributed by atoms with E-state index >= 15 is 0 Å². The highest BCUT2D eigenvalue weighted by Gasteiger charge is 2.21. The van der Waals surface area contributed by atoms with Crippen LogP contribution < -0.4 is 0 Å². The normalized spacial score (nSPS) is 13.2. The number of hydrogen-bond acceptors (Lipinski definition) is 0. The summed E-state index contributed by atoms with van der Waals surface area (Å²) in [7, 11) is -1.39. The van der Waals surface area contributed by atoms with Crippen LogP contribution >= 0.6 is 11.6 Å². The zero-order valence-corrected chi connectivity index (χ0v) is 16.4. The number of hydrogen-bond donors (Lipinski definition) is 0. The van der Waals surface area contributed by atoms with E-state index in [9.17, 15) is 0 Å². The Bertz CT molecular complexity index is 541. The molecule has 0 aliphatic carbocycles. The summed E-state index contributed by atoms with van der Waals surface area (Å²) in [6, 6.07) is 10.5. The molecule has 0 atom stereocenters. The fraction of sp³-hybridized carbons (Fsp3) is 0.400. The first-order valence-electron chi connectivity index (χ1n) is 7.99. The average molecular weight is 333 g/mol. The van der Waals surface area contributed by atoms with E-state index in [0.717, 1.165) is 12.8 Å². The van der Waals surface area contributed by atoms with E-state index < -0.39 is 8.07 Å². The highest BCUT2D eigenvalue weighted by Crippen LogP contribution is 2.25. The van der Waals surface area contributed by atoms with Crippen LogP contribution in [0.5, 0.6) is 0 Å². The van der Waals surface area contributed by atoms with Crippen LogP contribution in [0.4, 0.5) is 0 Å². The minimum atomic E-state index is -1.39. The van der Waals surface area contributed by atoms with Gasteiger partial charge in [0.25, 0.3) is 0 Å². The first kappa shape index (κ1) is 19.0. The molecule has 0 nitrogen and oxygen atoms in total. The third-order valence-corrected chi connectivity index (χ3v) is 6.47. The minimum absolute atomic E-state index is 0.652. The van der Waals surface area contributed by atoms with Crippen LogP contribution in [0.25, 0.3) is 6.08 Å². The fourth-order valence-corrected chi connectivity index (χ4v) is 5.33. The lowest BCUT2D eigenvalue weighted by Crippen LogP contribution is -2.26. The fourth-order valence-electron chi connectivity index (χ4n) is 2.38. The molecule has 0 bridgehead atoms. The van der Waals surface area contributed by atoms with Crippen LogP contribution in [0.15, 0.2) is 58.8 Å². The third kappa shape index (κ3) is 6.80. The van der Waals surface area contributed by atoms with Crippen molar-refractivity contribution in [3.05, 3.63) is 64.4 Å². The van der Waals surface area contributed by atoms with Crippen molar-refractivity contribution in [1.82, 2.24) is 0 Å². The Morgan fingerprint density at radius 2 is 1.73 bits per heavy atom.